The van der Waals surface area contributed by atoms with Gasteiger partial charge in [-0.2, -0.15) is 0 Å². The lowest BCUT2D eigenvalue weighted by Crippen LogP contribution is -2.40. The molecule has 0 fully saturated rings. The predicted molar refractivity (Wildman–Crippen MR) is 55.5 cm³/mol. The van der Waals surface area contributed by atoms with Gasteiger partial charge in [0.2, 0.25) is 11.8 Å². The van der Waals surface area contributed by atoms with Crippen LogP contribution in [0.2, 0.25) is 0 Å². The highest BCUT2D eigenvalue weighted by atomic mass is 16.2. The number of hydrogen-bond acceptors (Lipinski definition) is 2. The van der Waals surface area contributed by atoms with Crippen molar-refractivity contribution in [3.63, 3.8) is 0 Å². The molecule has 14 heavy (non-hydrogen) atoms. The highest BCUT2D eigenvalue weighted by Crippen LogP contribution is 2.02. The van der Waals surface area contributed by atoms with Gasteiger partial charge in [-0.3, -0.25) is 9.59 Å². The second-order valence-corrected chi connectivity index (χ2v) is 3.88. The number of carbonyl (C=O) groups is 2. The second kappa shape index (κ2) is 6.40. The molecule has 0 saturated heterocycles. The normalized spacial score (nSPS) is 10.3. The van der Waals surface area contributed by atoms with Gasteiger partial charge in [-0.05, 0) is 12.3 Å². The molecule has 0 bridgehead atoms. The lowest BCUT2D eigenvalue weighted by Gasteiger charge is -2.22. The fourth-order valence-corrected chi connectivity index (χ4v) is 1.26. The number of hydrogen-bond donors (Lipinski definition) is 1. The van der Waals surface area contributed by atoms with Gasteiger partial charge in [-0.25, -0.2) is 0 Å². The third-order valence-corrected chi connectivity index (χ3v) is 1.75. The average Bonchev–Trinajstić information content (AvgIpc) is 2.01. The molecule has 0 aliphatic rings. The standard InChI is InChI=1S/C10H20N2O2/c1-4-5-10(14)12(6-8(2)3)7-9(11)13/h8H,4-7H2,1-3H3,(H2,11,13). The van der Waals surface area contributed by atoms with E-state index in [1.807, 2.05) is 20.8 Å². The fourth-order valence-electron chi connectivity index (χ4n) is 1.26. The minimum absolute atomic E-state index is 0.0139. The van der Waals surface area contributed by atoms with Gasteiger partial charge in [0.05, 0.1) is 6.54 Å². The number of rotatable bonds is 6. The molecule has 0 rings (SSSR count). The maximum atomic E-state index is 11.5. The van der Waals surface area contributed by atoms with Crippen LogP contribution in [0, 0.1) is 5.92 Å². The van der Waals surface area contributed by atoms with Crippen molar-refractivity contribution in [2.24, 2.45) is 11.7 Å². The summed E-state index contributed by atoms with van der Waals surface area (Å²) >= 11 is 0. The van der Waals surface area contributed by atoms with Crippen LogP contribution in [0.4, 0.5) is 0 Å². The first kappa shape index (κ1) is 12.9. The summed E-state index contributed by atoms with van der Waals surface area (Å²) in [4.78, 5) is 23.8. The molecule has 2 amide bonds. The van der Waals surface area contributed by atoms with Crippen LogP contribution in [0.1, 0.15) is 33.6 Å². The lowest BCUT2D eigenvalue weighted by molar-refractivity contribution is -0.135. The first-order valence-corrected chi connectivity index (χ1v) is 5.03. The topological polar surface area (TPSA) is 63.4 Å². The van der Waals surface area contributed by atoms with E-state index in [0.717, 1.165) is 6.42 Å². The zero-order valence-electron chi connectivity index (χ0n) is 9.25. The maximum Gasteiger partial charge on any atom is 0.237 e. The van der Waals surface area contributed by atoms with Crippen LogP contribution in [0.5, 0.6) is 0 Å². The zero-order chi connectivity index (χ0) is 11.1. The number of nitrogens with zero attached hydrogens (tertiary/aromatic N) is 1. The number of carbonyl (C=O) groups excluding carboxylic acids is 2. The van der Waals surface area contributed by atoms with Crippen molar-refractivity contribution in [3.8, 4) is 0 Å². The Kier molecular flexibility index (Phi) is 5.92. The third kappa shape index (κ3) is 5.56. The smallest absolute Gasteiger partial charge is 0.237 e. The van der Waals surface area contributed by atoms with E-state index in [9.17, 15) is 9.59 Å². The van der Waals surface area contributed by atoms with Crippen LogP contribution in [0.25, 0.3) is 0 Å². The largest absolute Gasteiger partial charge is 0.368 e. The molecule has 4 heteroatoms. The Labute approximate surface area is 85.4 Å². The quantitative estimate of drug-likeness (QED) is 0.688. The van der Waals surface area contributed by atoms with Crippen LogP contribution >= 0.6 is 0 Å². The molecule has 0 radical (unpaired) electrons. The van der Waals surface area contributed by atoms with Gasteiger partial charge >= 0.3 is 0 Å². The number of primary amides is 1. The molecular weight excluding hydrogens is 180 g/mol. The van der Waals surface area contributed by atoms with E-state index in [1.165, 1.54) is 4.90 Å². The SMILES string of the molecule is CCCC(=O)N(CC(N)=O)CC(C)C. The summed E-state index contributed by atoms with van der Waals surface area (Å²) in [6, 6.07) is 0. The Bertz CT molecular complexity index is 202. The molecule has 0 aromatic carbocycles. The third-order valence-electron chi connectivity index (χ3n) is 1.75. The van der Waals surface area contributed by atoms with Crippen LogP contribution in [-0.4, -0.2) is 29.8 Å². The Morgan fingerprint density at radius 1 is 1.36 bits per heavy atom. The Morgan fingerprint density at radius 2 is 1.93 bits per heavy atom. The second-order valence-electron chi connectivity index (χ2n) is 3.88. The molecule has 0 aliphatic carbocycles. The summed E-state index contributed by atoms with van der Waals surface area (Å²) in [7, 11) is 0. The van der Waals surface area contributed by atoms with E-state index >= 15 is 0 Å². The van der Waals surface area contributed by atoms with Crippen LogP contribution in [0.3, 0.4) is 0 Å². The first-order chi connectivity index (χ1) is 6.47. The monoisotopic (exact) mass is 200 g/mol. The van der Waals surface area contributed by atoms with Crippen molar-refractivity contribution in [1.29, 1.82) is 0 Å². The Hall–Kier alpha value is -1.06. The first-order valence-electron chi connectivity index (χ1n) is 5.03. The van der Waals surface area contributed by atoms with Crippen molar-refractivity contribution in [1.82, 2.24) is 4.90 Å². The minimum Gasteiger partial charge on any atom is -0.368 e. The minimum atomic E-state index is -0.449. The highest BCUT2D eigenvalue weighted by molar-refractivity contribution is 5.83. The molecule has 0 saturated carbocycles. The summed E-state index contributed by atoms with van der Waals surface area (Å²) in [6.45, 7) is 6.59. The molecule has 4 nitrogen and oxygen atoms in total. The van der Waals surface area contributed by atoms with E-state index in [1.54, 1.807) is 0 Å². The molecular formula is C10H20N2O2. The Balaban J connectivity index is 4.22. The van der Waals surface area contributed by atoms with Gasteiger partial charge in [-0.1, -0.05) is 20.8 Å². The molecule has 0 aliphatic heterocycles. The summed E-state index contributed by atoms with van der Waals surface area (Å²) in [5, 5.41) is 0. The van der Waals surface area contributed by atoms with Crippen LogP contribution in [0.15, 0.2) is 0 Å². The van der Waals surface area contributed by atoms with E-state index < -0.39 is 5.91 Å². The highest BCUT2D eigenvalue weighted by Gasteiger charge is 2.15. The molecule has 0 aromatic heterocycles. The van der Waals surface area contributed by atoms with E-state index in [4.69, 9.17) is 5.73 Å². The van der Waals surface area contributed by atoms with Crippen molar-refractivity contribution in [2.45, 2.75) is 33.6 Å². The molecule has 82 valence electrons. The lowest BCUT2D eigenvalue weighted by atomic mass is 10.2. The van der Waals surface area contributed by atoms with Crippen LogP contribution in [-0.2, 0) is 9.59 Å². The van der Waals surface area contributed by atoms with Gasteiger partial charge in [0, 0.05) is 13.0 Å². The number of nitrogens with two attached hydrogens (primary N) is 1. The molecule has 0 aromatic rings. The molecule has 0 unspecified atom stereocenters. The van der Waals surface area contributed by atoms with Gasteiger partial charge in [0.1, 0.15) is 0 Å². The fraction of sp³-hybridized carbons (Fsp3) is 0.800. The summed E-state index contributed by atoms with van der Waals surface area (Å²) in [5.74, 6) is -0.0785. The van der Waals surface area contributed by atoms with E-state index in [0.29, 0.717) is 18.9 Å². The van der Waals surface area contributed by atoms with Gasteiger partial charge in [0.25, 0.3) is 0 Å². The van der Waals surface area contributed by atoms with E-state index in [2.05, 4.69) is 0 Å². The van der Waals surface area contributed by atoms with Gasteiger partial charge in [0.15, 0.2) is 0 Å². The summed E-state index contributed by atoms with van der Waals surface area (Å²) in [6.07, 6.45) is 1.28. The molecule has 0 spiro atoms. The zero-order valence-corrected chi connectivity index (χ0v) is 9.25. The Morgan fingerprint density at radius 3 is 2.29 bits per heavy atom. The maximum absolute atomic E-state index is 11.5. The van der Waals surface area contributed by atoms with Crippen molar-refractivity contribution in [3.05, 3.63) is 0 Å². The molecule has 2 N–H and O–H groups in total. The predicted octanol–water partition coefficient (Wildman–Crippen LogP) is 0.756. The van der Waals surface area contributed by atoms with Crippen molar-refractivity contribution < 1.29 is 9.59 Å². The van der Waals surface area contributed by atoms with Gasteiger partial charge < -0.3 is 10.6 Å². The molecule has 0 heterocycles. The summed E-state index contributed by atoms with van der Waals surface area (Å²) < 4.78 is 0. The number of amides is 2. The van der Waals surface area contributed by atoms with Crippen molar-refractivity contribution in [2.75, 3.05) is 13.1 Å². The average molecular weight is 200 g/mol. The van der Waals surface area contributed by atoms with E-state index in [-0.39, 0.29) is 12.5 Å². The molecule has 0 atom stereocenters. The van der Waals surface area contributed by atoms with Crippen molar-refractivity contribution >= 4 is 11.8 Å². The summed E-state index contributed by atoms with van der Waals surface area (Å²) in [5.41, 5.74) is 5.07. The van der Waals surface area contributed by atoms with Crippen LogP contribution < -0.4 is 5.73 Å². The van der Waals surface area contributed by atoms with Gasteiger partial charge in [-0.15, -0.1) is 0 Å².